The quantitative estimate of drug-likeness (QED) is 0.615. The summed E-state index contributed by atoms with van der Waals surface area (Å²) in [5.74, 6) is 0.0837. The summed E-state index contributed by atoms with van der Waals surface area (Å²) in [6.07, 6.45) is -2.08. The van der Waals surface area contributed by atoms with Crippen molar-refractivity contribution in [1.29, 1.82) is 0 Å². The molecule has 1 aliphatic carbocycles. The number of ether oxygens (including phenoxy) is 1. The van der Waals surface area contributed by atoms with E-state index in [0.29, 0.717) is 23.2 Å². The molecule has 1 aromatic carbocycles. The SMILES string of the molecule is Cc1ncnc2c1ccn2[C@@H]1O[C@H]([C@H](O)c2ccc3c(c2)CC3=O)[C@@H](O)[C@H]1O. The Balaban J connectivity index is 1.45. The molecule has 3 aromatic rings. The summed E-state index contributed by atoms with van der Waals surface area (Å²) in [6, 6.07) is 6.90. The Morgan fingerprint density at radius 1 is 1.21 bits per heavy atom. The van der Waals surface area contributed by atoms with Gasteiger partial charge in [0.1, 0.15) is 36.4 Å². The molecule has 0 saturated carbocycles. The average Bonchev–Trinajstić information content (AvgIpc) is 3.23. The molecule has 0 unspecified atom stereocenters. The first-order valence-corrected chi connectivity index (χ1v) is 9.09. The van der Waals surface area contributed by atoms with Gasteiger partial charge >= 0.3 is 0 Å². The van der Waals surface area contributed by atoms with Crippen molar-refractivity contribution in [2.45, 2.75) is 44.0 Å². The van der Waals surface area contributed by atoms with Gasteiger partial charge in [-0.15, -0.1) is 0 Å². The minimum absolute atomic E-state index is 0.0837. The van der Waals surface area contributed by atoms with E-state index in [1.807, 2.05) is 13.0 Å². The first kappa shape index (κ1) is 17.4. The second-order valence-corrected chi connectivity index (χ2v) is 7.35. The lowest BCUT2D eigenvalue weighted by Crippen LogP contribution is -2.35. The van der Waals surface area contributed by atoms with Crippen LogP contribution in [-0.2, 0) is 11.2 Å². The molecule has 2 aliphatic rings. The molecular formula is C20H19N3O5. The third-order valence-corrected chi connectivity index (χ3v) is 5.69. The molecule has 0 radical (unpaired) electrons. The highest BCUT2D eigenvalue weighted by atomic mass is 16.6. The van der Waals surface area contributed by atoms with E-state index in [2.05, 4.69) is 9.97 Å². The van der Waals surface area contributed by atoms with Crippen molar-refractivity contribution in [2.75, 3.05) is 0 Å². The van der Waals surface area contributed by atoms with Gasteiger partial charge in [-0.3, -0.25) is 4.79 Å². The van der Waals surface area contributed by atoms with Gasteiger partial charge in [0.05, 0.1) is 5.69 Å². The topological polar surface area (TPSA) is 118 Å². The maximum absolute atomic E-state index is 11.5. The van der Waals surface area contributed by atoms with E-state index < -0.39 is 30.6 Å². The van der Waals surface area contributed by atoms with E-state index in [4.69, 9.17) is 4.74 Å². The lowest BCUT2D eigenvalue weighted by molar-refractivity contribution is -0.0848. The van der Waals surface area contributed by atoms with E-state index in [9.17, 15) is 20.1 Å². The number of carbonyl (C=O) groups excluding carboxylic acids is 1. The minimum Gasteiger partial charge on any atom is -0.387 e. The Hall–Kier alpha value is -2.65. The zero-order valence-electron chi connectivity index (χ0n) is 15.1. The maximum atomic E-state index is 11.5. The molecule has 0 spiro atoms. The van der Waals surface area contributed by atoms with Crippen LogP contribution in [0.2, 0.25) is 0 Å². The van der Waals surface area contributed by atoms with E-state index in [1.165, 1.54) is 6.33 Å². The summed E-state index contributed by atoms with van der Waals surface area (Å²) >= 11 is 0. The van der Waals surface area contributed by atoms with Crippen LogP contribution >= 0.6 is 0 Å². The van der Waals surface area contributed by atoms with Gasteiger partial charge in [0, 0.05) is 23.6 Å². The third kappa shape index (κ3) is 2.43. The van der Waals surface area contributed by atoms with Crippen molar-refractivity contribution in [3.63, 3.8) is 0 Å². The standard InChI is InChI=1S/C20H19N3O5/c1-9-12-4-5-23(19(12)22-8-21-9)20-17(27)16(26)18(28-20)15(25)10-2-3-13-11(6-10)7-14(13)24/h2-6,8,15-18,20,25-27H,7H2,1H3/t15-,16+,17-,18-,20-/m1/s1. The Morgan fingerprint density at radius 2 is 2.04 bits per heavy atom. The molecule has 1 aliphatic heterocycles. The van der Waals surface area contributed by atoms with Gasteiger partial charge in [-0.1, -0.05) is 18.2 Å². The number of fused-ring (bicyclic) bond motifs is 2. The molecule has 8 nitrogen and oxygen atoms in total. The number of Topliss-reactive ketones (excluding diaryl/α,β-unsaturated/α-hetero) is 1. The highest BCUT2D eigenvalue weighted by Gasteiger charge is 2.47. The van der Waals surface area contributed by atoms with Gasteiger partial charge in [0.2, 0.25) is 0 Å². The summed E-state index contributed by atoms with van der Waals surface area (Å²) in [5, 5.41) is 32.7. The largest absolute Gasteiger partial charge is 0.387 e. The maximum Gasteiger partial charge on any atom is 0.167 e. The molecule has 1 saturated heterocycles. The van der Waals surface area contributed by atoms with Crippen molar-refractivity contribution >= 4 is 16.8 Å². The lowest BCUT2D eigenvalue weighted by atomic mass is 9.84. The molecule has 0 amide bonds. The summed E-state index contributed by atoms with van der Waals surface area (Å²) in [5.41, 5.74) is 3.45. The highest BCUT2D eigenvalue weighted by molar-refractivity contribution is 6.06. The summed E-state index contributed by atoms with van der Waals surface area (Å²) in [6.45, 7) is 1.86. The first-order chi connectivity index (χ1) is 13.5. The number of hydrogen-bond acceptors (Lipinski definition) is 7. The van der Waals surface area contributed by atoms with Crippen LogP contribution in [0.5, 0.6) is 0 Å². The molecule has 3 heterocycles. The van der Waals surface area contributed by atoms with Crippen molar-refractivity contribution in [2.24, 2.45) is 0 Å². The van der Waals surface area contributed by atoms with Crippen LogP contribution in [0.3, 0.4) is 0 Å². The number of benzene rings is 1. The van der Waals surface area contributed by atoms with Crippen LogP contribution in [0.25, 0.3) is 11.0 Å². The monoisotopic (exact) mass is 381 g/mol. The molecule has 3 N–H and O–H groups in total. The van der Waals surface area contributed by atoms with Gasteiger partial charge in [-0.2, -0.15) is 0 Å². The minimum atomic E-state index is -1.28. The van der Waals surface area contributed by atoms with Crippen LogP contribution in [0, 0.1) is 6.92 Å². The van der Waals surface area contributed by atoms with Crippen LogP contribution in [0.4, 0.5) is 0 Å². The number of aromatic nitrogens is 3. The molecule has 0 bridgehead atoms. The van der Waals surface area contributed by atoms with E-state index in [1.54, 1.807) is 29.0 Å². The van der Waals surface area contributed by atoms with E-state index in [-0.39, 0.29) is 5.78 Å². The Labute approximate surface area is 160 Å². The average molecular weight is 381 g/mol. The first-order valence-electron chi connectivity index (χ1n) is 9.09. The number of rotatable bonds is 3. The fourth-order valence-electron chi connectivity index (χ4n) is 4.05. The zero-order chi connectivity index (χ0) is 19.6. The summed E-state index contributed by atoms with van der Waals surface area (Å²) in [7, 11) is 0. The fraction of sp³-hybridized carbons (Fsp3) is 0.350. The lowest BCUT2D eigenvalue weighted by Gasteiger charge is -2.24. The number of nitrogens with zero attached hydrogens (tertiary/aromatic N) is 3. The van der Waals surface area contributed by atoms with Gasteiger partial charge in [-0.05, 0) is 24.1 Å². The summed E-state index contributed by atoms with van der Waals surface area (Å²) in [4.78, 5) is 19.9. The number of carbonyl (C=O) groups is 1. The molecule has 1 fully saturated rings. The van der Waals surface area contributed by atoms with E-state index >= 15 is 0 Å². The Kier molecular flexibility index (Phi) is 3.85. The molecular weight excluding hydrogens is 362 g/mol. The zero-order valence-corrected chi connectivity index (χ0v) is 15.1. The normalized spacial score (nSPS) is 27.6. The van der Waals surface area contributed by atoms with Crippen LogP contribution in [0.1, 0.15) is 39.5 Å². The predicted molar refractivity (Wildman–Crippen MR) is 97.6 cm³/mol. The molecule has 8 heteroatoms. The number of aliphatic hydroxyl groups excluding tert-OH is 3. The van der Waals surface area contributed by atoms with Crippen molar-refractivity contribution < 1.29 is 24.9 Å². The smallest absolute Gasteiger partial charge is 0.167 e. The second-order valence-electron chi connectivity index (χ2n) is 7.35. The van der Waals surface area contributed by atoms with E-state index in [0.717, 1.165) is 16.6 Å². The van der Waals surface area contributed by atoms with Gasteiger partial charge in [0.25, 0.3) is 0 Å². The molecule has 144 valence electrons. The number of ketones is 1. The Morgan fingerprint density at radius 3 is 2.79 bits per heavy atom. The van der Waals surface area contributed by atoms with Crippen LogP contribution < -0.4 is 0 Å². The predicted octanol–water partition coefficient (Wildman–Crippen LogP) is 0.831. The molecule has 5 atom stereocenters. The number of aryl methyl sites for hydroxylation is 1. The van der Waals surface area contributed by atoms with Gasteiger partial charge in [0.15, 0.2) is 12.0 Å². The van der Waals surface area contributed by atoms with Crippen LogP contribution in [0.15, 0.2) is 36.8 Å². The van der Waals surface area contributed by atoms with Gasteiger partial charge < -0.3 is 24.6 Å². The van der Waals surface area contributed by atoms with Crippen molar-refractivity contribution in [3.05, 3.63) is 59.2 Å². The molecule has 2 aromatic heterocycles. The Bertz CT molecular complexity index is 1090. The fourth-order valence-corrected chi connectivity index (χ4v) is 4.05. The highest BCUT2D eigenvalue weighted by Crippen LogP contribution is 2.38. The second kappa shape index (κ2) is 6.18. The van der Waals surface area contributed by atoms with Crippen LogP contribution in [-0.4, -0.2) is 53.9 Å². The summed E-state index contributed by atoms with van der Waals surface area (Å²) < 4.78 is 7.53. The molecule has 28 heavy (non-hydrogen) atoms. The van der Waals surface area contributed by atoms with Crippen molar-refractivity contribution in [3.8, 4) is 0 Å². The number of hydrogen-bond donors (Lipinski definition) is 3. The number of aliphatic hydroxyl groups is 3. The third-order valence-electron chi connectivity index (χ3n) is 5.69. The van der Waals surface area contributed by atoms with Gasteiger partial charge in [-0.25, -0.2) is 9.97 Å². The molecule has 5 rings (SSSR count). The van der Waals surface area contributed by atoms with Crippen molar-refractivity contribution in [1.82, 2.24) is 14.5 Å².